The van der Waals surface area contributed by atoms with E-state index in [1.807, 2.05) is 30.5 Å². The average molecular weight is 367 g/mol. The van der Waals surface area contributed by atoms with Crippen LogP contribution in [0, 0.1) is 10.1 Å². The lowest BCUT2D eigenvalue weighted by molar-refractivity contribution is -0.384. The lowest BCUT2D eigenvalue weighted by atomic mass is 10.1. The number of amidine groups is 1. The normalized spacial score (nSPS) is 18.3. The zero-order valence-electron chi connectivity index (χ0n) is 13.6. The van der Waals surface area contributed by atoms with Crippen LogP contribution in [0.15, 0.2) is 58.6 Å². The van der Waals surface area contributed by atoms with Crippen LogP contribution in [0.5, 0.6) is 0 Å². The number of carbonyl (C=O) groups excluding carboxylic acids is 1. The van der Waals surface area contributed by atoms with E-state index in [2.05, 4.69) is 15.4 Å². The average Bonchev–Trinajstić information content (AvgIpc) is 2.67. The number of fused-ring (bicyclic) bond motifs is 2. The largest absolute Gasteiger partial charge is 0.298 e. The third-order valence-electron chi connectivity index (χ3n) is 4.09. The Morgan fingerprint density at radius 3 is 2.81 bits per heavy atom. The van der Waals surface area contributed by atoms with Crippen LogP contribution in [0.1, 0.15) is 11.7 Å². The third kappa shape index (κ3) is 2.62. The van der Waals surface area contributed by atoms with Gasteiger partial charge in [-0.15, -0.1) is 5.10 Å². The van der Waals surface area contributed by atoms with Gasteiger partial charge in [0.05, 0.1) is 10.3 Å². The summed E-state index contributed by atoms with van der Waals surface area (Å²) >= 11 is 1.30. The van der Waals surface area contributed by atoms with Gasteiger partial charge in [-0.25, -0.2) is 5.01 Å². The Hall–Kier alpha value is -3.20. The number of non-ortho nitro benzene ring substituents is 1. The van der Waals surface area contributed by atoms with Crippen LogP contribution in [-0.2, 0) is 4.79 Å². The number of nitro groups is 1. The maximum absolute atomic E-state index is 12.7. The van der Waals surface area contributed by atoms with Crippen molar-refractivity contribution in [3.8, 4) is 0 Å². The predicted octanol–water partition coefficient (Wildman–Crippen LogP) is 1.10. The summed E-state index contributed by atoms with van der Waals surface area (Å²) in [5, 5.41) is 21.7. The molecule has 0 aromatic heterocycles. The monoisotopic (exact) mass is 367 g/mol. The first-order chi connectivity index (χ1) is 12.6. The summed E-state index contributed by atoms with van der Waals surface area (Å²) in [6, 6.07) is 13.5. The van der Waals surface area contributed by atoms with Gasteiger partial charge in [-0.3, -0.25) is 25.2 Å². The molecule has 130 valence electrons. The van der Waals surface area contributed by atoms with Crippen LogP contribution in [0.2, 0.25) is 0 Å². The fourth-order valence-electron chi connectivity index (χ4n) is 2.94. The zero-order valence-corrected chi connectivity index (χ0v) is 14.4. The second kappa shape index (κ2) is 6.26. The fourth-order valence-corrected chi connectivity index (χ4v) is 3.30. The number of thioether (sulfide) groups is 1. The maximum Gasteiger partial charge on any atom is 0.276 e. The van der Waals surface area contributed by atoms with E-state index in [1.54, 1.807) is 12.1 Å². The van der Waals surface area contributed by atoms with Gasteiger partial charge in [0.15, 0.2) is 11.3 Å². The van der Waals surface area contributed by atoms with Crippen LogP contribution >= 0.6 is 11.8 Å². The van der Waals surface area contributed by atoms with E-state index in [0.717, 1.165) is 0 Å². The molecule has 26 heavy (non-hydrogen) atoms. The molecule has 0 fully saturated rings. The standard InChI is InChI=1S/C17H13N5O3S/c1-26-17-19-16(23)14-12-7-2-3-8-13(12)18-15(21(14)20-17)10-5-4-6-11(9-10)22(24)25/h2-9,15H,1H3,(H,19,20,23)/t15-/m0/s1. The second-order valence-corrected chi connectivity index (χ2v) is 6.42. The molecule has 2 heterocycles. The summed E-state index contributed by atoms with van der Waals surface area (Å²) < 4.78 is 0. The summed E-state index contributed by atoms with van der Waals surface area (Å²) in [6.07, 6.45) is 1.15. The number of nitrogens with zero attached hydrogens (tertiary/aromatic N) is 4. The summed E-state index contributed by atoms with van der Waals surface area (Å²) in [4.78, 5) is 28.0. The number of para-hydroxylation sites is 1. The quantitative estimate of drug-likeness (QED) is 0.633. The van der Waals surface area contributed by atoms with E-state index >= 15 is 0 Å². The lowest BCUT2D eigenvalue weighted by Gasteiger charge is -2.33. The molecule has 0 spiro atoms. The van der Waals surface area contributed by atoms with Crippen LogP contribution in [0.3, 0.4) is 0 Å². The Labute approximate surface area is 152 Å². The molecule has 0 radical (unpaired) electrons. The number of amides is 1. The molecule has 9 heteroatoms. The molecule has 1 atom stereocenters. The highest BCUT2D eigenvalue weighted by Crippen LogP contribution is 2.31. The Bertz CT molecular complexity index is 1080. The minimum atomic E-state index is -0.659. The van der Waals surface area contributed by atoms with Gasteiger partial charge in [0.1, 0.15) is 5.70 Å². The molecule has 2 aromatic rings. The van der Waals surface area contributed by atoms with Crippen molar-refractivity contribution in [1.82, 2.24) is 10.3 Å². The highest BCUT2D eigenvalue weighted by molar-refractivity contribution is 8.13. The van der Waals surface area contributed by atoms with Crippen molar-refractivity contribution in [1.29, 1.82) is 0 Å². The molecule has 1 amide bonds. The number of carbonyl (C=O) groups is 1. The molecule has 0 saturated heterocycles. The first-order valence-corrected chi connectivity index (χ1v) is 8.95. The van der Waals surface area contributed by atoms with Gasteiger partial charge in [-0.2, -0.15) is 0 Å². The van der Waals surface area contributed by atoms with E-state index in [4.69, 9.17) is 0 Å². The van der Waals surface area contributed by atoms with Gasteiger partial charge in [0.2, 0.25) is 0 Å². The SMILES string of the molecule is CSC1=NN2C(=c3ccccc3=N[C@@H]2c2cccc([N+](=O)[O-])c2)C(=O)N1. The van der Waals surface area contributed by atoms with Crippen molar-refractivity contribution < 1.29 is 9.72 Å². The molecule has 0 aliphatic carbocycles. The molecule has 2 aliphatic heterocycles. The number of hydrogen-bond donors (Lipinski definition) is 1. The van der Waals surface area contributed by atoms with Gasteiger partial charge in [0.25, 0.3) is 11.6 Å². The molecule has 8 nitrogen and oxygen atoms in total. The Morgan fingerprint density at radius 2 is 2.04 bits per heavy atom. The predicted molar refractivity (Wildman–Crippen MR) is 97.4 cm³/mol. The third-order valence-corrected chi connectivity index (χ3v) is 4.66. The number of nitro benzene ring substituents is 1. The number of hydrazone groups is 1. The highest BCUT2D eigenvalue weighted by atomic mass is 32.2. The molecule has 0 bridgehead atoms. The molecule has 2 aliphatic rings. The van der Waals surface area contributed by atoms with E-state index in [-0.39, 0.29) is 11.6 Å². The smallest absolute Gasteiger partial charge is 0.276 e. The van der Waals surface area contributed by atoms with Crippen molar-refractivity contribution in [3.05, 3.63) is 74.8 Å². The second-order valence-electron chi connectivity index (χ2n) is 5.63. The van der Waals surface area contributed by atoms with E-state index in [0.29, 0.717) is 27.0 Å². The van der Waals surface area contributed by atoms with Crippen LogP contribution in [0.4, 0.5) is 5.69 Å². The molecular formula is C17H13N5O3S. The number of rotatable bonds is 2. The summed E-state index contributed by atoms with van der Waals surface area (Å²) in [5.41, 5.74) is 0.934. The fraction of sp³-hybridized carbons (Fsp3) is 0.118. The molecule has 0 unspecified atom stereocenters. The van der Waals surface area contributed by atoms with Crippen molar-refractivity contribution in [2.75, 3.05) is 6.26 Å². The van der Waals surface area contributed by atoms with Crippen molar-refractivity contribution in [2.45, 2.75) is 6.17 Å². The topological polar surface area (TPSA) is 100 Å². The Morgan fingerprint density at radius 1 is 1.23 bits per heavy atom. The van der Waals surface area contributed by atoms with Crippen molar-refractivity contribution in [2.24, 2.45) is 10.1 Å². The zero-order chi connectivity index (χ0) is 18.3. The minimum Gasteiger partial charge on any atom is -0.298 e. The van der Waals surface area contributed by atoms with Gasteiger partial charge in [-0.05, 0) is 12.3 Å². The van der Waals surface area contributed by atoms with Crippen molar-refractivity contribution in [3.63, 3.8) is 0 Å². The van der Waals surface area contributed by atoms with E-state index < -0.39 is 11.1 Å². The Balaban J connectivity index is 1.96. The number of benzene rings is 2. The van der Waals surface area contributed by atoms with E-state index in [1.165, 1.54) is 28.9 Å². The summed E-state index contributed by atoms with van der Waals surface area (Å²) in [6.45, 7) is 0. The molecule has 2 aromatic carbocycles. The van der Waals surface area contributed by atoms with Crippen LogP contribution in [0.25, 0.3) is 5.70 Å². The lowest BCUT2D eigenvalue weighted by Crippen LogP contribution is -2.50. The first-order valence-electron chi connectivity index (χ1n) is 7.73. The molecule has 0 saturated carbocycles. The van der Waals surface area contributed by atoms with Gasteiger partial charge < -0.3 is 0 Å². The Kier molecular flexibility index (Phi) is 3.92. The van der Waals surface area contributed by atoms with E-state index in [9.17, 15) is 14.9 Å². The van der Waals surface area contributed by atoms with Crippen molar-refractivity contribution >= 4 is 34.2 Å². The first kappa shape index (κ1) is 16.3. The molecule has 1 N–H and O–H groups in total. The van der Waals surface area contributed by atoms with Crippen LogP contribution in [-0.4, -0.2) is 27.3 Å². The summed E-state index contributed by atoms with van der Waals surface area (Å²) in [7, 11) is 0. The molecular weight excluding hydrogens is 354 g/mol. The maximum atomic E-state index is 12.7. The van der Waals surface area contributed by atoms with Gasteiger partial charge in [0, 0.05) is 22.9 Å². The molecule has 4 rings (SSSR count). The van der Waals surface area contributed by atoms with Gasteiger partial charge >= 0.3 is 0 Å². The summed E-state index contributed by atoms with van der Waals surface area (Å²) in [5.74, 6) is -0.276. The van der Waals surface area contributed by atoms with Gasteiger partial charge in [-0.1, -0.05) is 42.1 Å². The van der Waals surface area contributed by atoms with Crippen LogP contribution < -0.4 is 15.9 Å². The highest BCUT2D eigenvalue weighted by Gasteiger charge is 2.34. The number of nitrogens with one attached hydrogen (secondary N) is 1. The number of hydrogen-bond acceptors (Lipinski definition) is 7. The minimum absolute atomic E-state index is 0.0337.